The van der Waals surface area contributed by atoms with Crippen molar-refractivity contribution in [3.8, 4) is 5.75 Å². The van der Waals surface area contributed by atoms with Crippen molar-refractivity contribution in [2.75, 3.05) is 0 Å². The molecule has 0 amide bonds. The second kappa shape index (κ2) is 4.31. The highest BCUT2D eigenvalue weighted by atomic mass is 19.4. The van der Waals surface area contributed by atoms with E-state index in [0.29, 0.717) is 6.07 Å². The van der Waals surface area contributed by atoms with E-state index in [1.165, 1.54) is 0 Å². The lowest BCUT2D eigenvalue weighted by Gasteiger charge is -2.10. The summed E-state index contributed by atoms with van der Waals surface area (Å²) in [7, 11) is 0. The SMILES string of the molecule is NCc1ncc([N+](=O)[O-])cc1OC(F)(F)F. The van der Waals surface area contributed by atoms with Crippen molar-refractivity contribution in [2.24, 2.45) is 5.73 Å². The van der Waals surface area contributed by atoms with Gasteiger partial charge in [0.05, 0.1) is 16.7 Å². The van der Waals surface area contributed by atoms with Gasteiger partial charge in [-0.15, -0.1) is 13.2 Å². The highest BCUT2D eigenvalue weighted by molar-refractivity contribution is 5.39. The normalized spacial score (nSPS) is 11.2. The summed E-state index contributed by atoms with van der Waals surface area (Å²) in [4.78, 5) is 12.8. The molecule has 0 unspecified atom stereocenters. The zero-order valence-corrected chi connectivity index (χ0v) is 7.69. The van der Waals surface area contributed by atoms with E-state index in [4.69, 9.17) is 5.73 Å². The molecule has 0 bridgehead atoms. The molecule has 1 heterocycles. The van der Waals surface area contributed by atoms with Gasteiger partial charge in [0, 0.05) is 6.54 Å². The number of pyridine rings is 1. The zero-order valence-electron chi connectivity index (χ0n) is 7.69. The Kier molecular flexibility index (Phi) is 3.28. The van der Waals surface area contributed by atoms with Gasteiger partial charge in [0.1, 0.15) is 6.20 Å². The summed E-state index contributed by atoms with van der Waals surface area (Å²) in [6, 6.07) is 0.628. The lowest BCUT2D eigenvalue weighted by Crippen LogP contribution is -2.19. The number of aromatic nitrogens is 1. The molecule has 0 aliphatic carbocycles. The van der Waals surface area contributed by atoms with E-state index in [1.807, 2.05) is 0 Å². The fourth-order valence-corrected chi connectivity index (χ4v) is 0.929. The molecule has 0 fully saturated rings. The van der Waals surface area contributed by atoms with Crippen molar-refractivity contribution in [3.63, 3.8) is 0 Å². The summed E-state index contributed by atoms with van der Waals surface area (Å²) in [5.74, 6) is -0.760. The second-order valence-electron chi connectivity index (χ2n) is 2.65. The number of alkyl halides is 3. The molecule has 0 radical (unpaired) electrons. The summed E-state index contributed by atoms with van der Waals surface area (Å²) in [6.45, 7) is -0.316. The van der Waals surface area contributed by atoms with E-state index < -0.39 is 22.7 Å². The van der Waals surface area contributed by atoms with Crippen molar-refractivity contribution in [1.29, 1.82) is 0 Å². The van der Waals surface area contributed by atoms with Crippen molar-refractivity contribution in [3.05, 3.63) is 28.1 Å². The van der Waals surface area contributed by atoms with Gasteiger partial charge in [0.2, 0.25) is 0 Å². The van der Waals surface area contributed by atoms with Crippen molar-refractivity contribution in [1.82, 2.24) is 4.98 Å². The highest BCUT2D eigenvalue weighted by Gasteiger charge is 2.33. The van der Waals surface area contributed by atoms with E-state index in [1.54, 1.807) is 0 Å². The van der Waals surface area contributed by atoms with E-state index in [9.17, 15) is 23.3 Å². The molecule has 6 nitrogen and oxygen atoms in total. The third-order valence-corrected chi connectivity index (χ3v) is 1.55. The molecule has 9 heteroatoms. The molecule has 0 aliphatic rings. The Bertz CT molecular complexity index is 408. The maximum Gasteiger partial charge on any atom is 0.573 e. The molecule has 1 aromatic rings. The topological polar surface area (TPSA) is 91.3 Å². The van der Waals surface area contributed by atoms with Crippen molar-refractivity contribution >= 4 is 5.69 Å². The zero-order chi connectivity index (χ0) is 12.3. The molecule has 0 saturated heterocycles. The van der Waals surface area contributed by atoms with Crippen LogP contribution in [0.2, 0.25) is 0 Å². The number of ether oxygens (including phenoxy) is 1. The van der Waals surface area contributed by atoms with Crippen LogP contribution in [0.25, 0.3) is 0 Å². The summed E-state index contributed by atoms with van der Waals surface area (Å²) < 4.78 is 39.4. The number of rotatable bonds is 3. The van der Waals surface area contributed by atoms with Crippen LogP contribution in [0.15, 0.2) is 12.3 Å². The Morgan fingerprint density at radius 1 is 1.56 bits per heavy atom. The van der Waals surface area contributed by atoms with Crippen LogP contribution in [-0.4, -0.2) is 16.3 Å². The van der Waals surface area contributed by atoms with E-state index in [0.717, 1.165) is 6.20 Å². The molecule has 1 aromatic heterocycles. The fourth-order valence-electron chi connectivity index (χ4n) is 0.929. The minimum atomic E-state index is -4.94. The minimum absolute atomic E-state index is 0.206. The molecule has 0 spiro atoms. The Hall–Kier alpha value is -1.90. The third-order valence-electron chi connectivity index (χ3n) is 1.55. The van der Waals surface area contributed by atoms with Crippen LogP contribution in [-0.2, 0) is 6.54 Å². The molecule has 0 aliphatic heterocycles. The van der Waals surface area contributed by atoms with E-state index >= 15 is 0 Å². The first-order chi connectivity index (χ1) is 7.33. The second-order valence-corrected chi connectivity index (χ2v) is 2.65. The molecule has 2 N–H and O–H groups in total. The number of hydrogen-bond acceptors (Lipinski definition) is 5. The van der Waals surface area contributed by atoms with E-state index in [-0.39, 0.29) is 12.2 Å². The van der Waals surface area contributed by atoms with Gasteiger partial charge in [-0.1, -0.05) is 0 Å². The first kappa shape index (κ1) is 12.2. The molecule has 0 saturated carbocycles. The van der Waals surface area contributed by atoms with Crippen LogP contribution in [0.5, 0.6) is 5.75 Å². The maximum absolute atomic E-state index is 11.9. The van der Waals surface area contributed by atoms with Gasteiger partial charge in [0.15, 0.2) is 5.75 Å². The van der Waals surface area contributed by atoms with Crippen LogP contribution in [0.4, 0.5) is 18.9 Å². The average Bonchev–Trinajstić information content (AvgIpc) is 2.15. The lowest BCUT2D eigenvalue weighted by molar-refractivity contribution is -0.385. The minimum Gasteiger partial charge on any atom is -0.404 e. The third kappa shape index (κ3) is 3.05. The van der Waals surface area contributed by atoms with Gasteiger partial charge in [-0.05, 0) is 0 Å². The van der Waals surface area contributed by atoms with Crippen LogP contribution in [0.1, 0.15) is 5.69 Å². The van der Waals surface area contributed by atoms with Crippen LogP contribution >= 0.6 is 0 Å². The molecule has 1 rings (SSSR count). The molecule has 16 heavy (non-hydrogen) atoms. The monoisotopic (exact) mass is 237 g/mol. The van der Waals surface area contributed by atoms with Gasteiger partial charge in [-0.25, -0.2) is 4.98 Å². The number of hydrogen-bond donors (Lipinski definition) is 1. The molecule has 88 valence electrons. The lowest BCUT2D eigenvalue weighted by atomic mass is 10.3. The quantitative estimate of drug-likeness (QED) is 0.632. The van der Waals surface area contributed by atoms with Gasteiger partial charge in [-0.3, -0.25) is 10.1 Å². The molecule has 0 aromatic carbocycles. The van der Waals surface area contributed by atoms with Crippen molar-refractivity contribution in [2.45, 2.75) is 12.9 Å². The Balaban J connectivity index is 3.12. The van der Waals surface area contributed by atoms with Gasteiger partial charge < -0.3 is 10.5 Å². The standard InChI is InChI=1S/C7H6F3N3O3/c8-7(9,10)16-6-1-4(13(14)15)3-12-5(6)2-11/h1,3H,2,11H2. The first-order valence-corrected chi connectivity index (χ1v) is 3.92. The van der Waals surface area contributed by atoms with Crippen LogP contribution in [0.3, 0.4) is 0 Å². The van der Waals surface area contributed by atoms with E-state index in [2.05, 4.69) is 9.72 Å². The number of nitrogens with two attached hydrogens (primary N) is 1. The highest BCUT2D eigenvalue weighted by Crippen LogP contribution is 2.28. The van der Waals surface area contributed by atoms with Gasteiger partial charge >= 0.3 is 6.36 Å². The predicted octanol–water partition coefficient (Wildman–Crippen LogP) is 1.35. The average molecular weight is 237 g/mol. The summed E-state index contributed by atoms with van der Waals surface area (Å²) in [5, 5.41) is 10.3. The van der Waals surface area contributed by atoms with Crippen LogP contribution in [0, 0.1) is 10.1 Å². The smallest absolute Gasteiger partial charge is 0.404 e. The van der Waals surface area contributed by atoms with Gasteiger partial charge in [0.25, 0.3) is 5.69 Å². The Labute approximate surface area is 87.0 Å². The Morgan fingerprint density at radius 2 is 2.19 bits per heavy atom. The molecular formula is C7H6F3N3O3. The largest absolute Gasteiger partial charge is 0.573 e. The number of nitrogens with zero attached hydrogens (tertiary/aromatic N) is 2. The first-order valence-electron chi connectivity index (χ1n) is 3.92. The van der Waals surface area contributed by atoms with Gasteiger partial charge in [-0.2, -0.15) is 0 Å². The molecule has 0 atom stereocenters. The predicted molar refractivity (Wildman–Crippen MR) is 45.5 cm³/mol. The fraction of sp³-hybridized carbons (Fsp3) is 0.286. The van der Waals surface area contributed by atoms with Crippen molar-refractivity contribution < 1.29 is 22.8 Å². The summed E-state index contributed by atoms with van der Waals surface area (Å²) in [5.41, 5.74) is 4.31. The number of halogens is 3. The maximum atomic E-state index is 11.9. The Morgan fingerprint density at radius 3 is 2.62 bits per heavy atom. The summed E-state index contributed by atoms with van der Waals surface area (Å²) >= 11 is 0. The van der Waals surface area contributed by atoms with Crippen LogP contribution < -0.4 is 10.5 Å². The summed E-state index contributed by atoms with van der Waals surface area (Å²) in [6.07, 6.45) is -4.13. The molecular weight excluding hydrogens is 231 g/mol. The number of nitro groups is 1.